The van der Waals surface area contributed by atoms with Crippen molar-refractivity contribution in [1.29, 1.82) is 0 Å². The van der Waals surface area contributed by atoms with Gasteiger partial charge in [0.25, 0.3) is 0 Å². The van der Waals surface area contributed by atoms with Crippen LogP contribution in [0.4, 0.5) is 0 Å². The van der Waals surface area contributed by atoms with Gasteiger partial charge in [-0.25, -0.2) is 9.97 Å². The van der Waals surface area contributed by atoms with Crippen molar-refractivity contribution in [2.75, 3.05) is 19.7 Å². The standard InChI is InChI=1S/C23H30N4O2/c1-3-29-20-9-7-18(8-10-20)15-27-12-5-4-6-22(27)23-24-14-19-16-26(17(2)28)13-11-21(19)25-23/h7-10,14,22H,3-6,11-13,15-16H2,1-2H3/t22-/m1/s1. The third-order valence-corrected chi connectivity index (χ3v) is 5.93. The van der Waals surface area contributed by atoms with E-state index in [2.05, 4.69) is 17.0 Å². The van der Waals surface area contributed by atoms with Gasteiger partial charge >= 0.3 is 0 Å². The number of benzene rings is 1. The maximum absolute atomic E-state index is 11.7. The normalized spacial score (nSPS) is 19.7. The Morgan fingerprint density at radius 3 is 2.79 bits per heavy atom. The molecule has 1 aromatic carbocycles. The van der Waals surface area contributed by atoms with E-state index in [4.69, 9.17) is 14.7 Å². The number of hydrogen-bond acceptors (Lipinski definition) is 5. The van der Waals surface area contributed by atoms with Gasteiger partial charge in [-0.2, -0.15) is 0 Å². The highest BCUT2D eigenvalue weighted by Crippen LogP contribution is 2.31. The molecule has 0 N–H and O–H groups in total. The molecule has 29 heavy (non-hydrogen) atoms. The smallest absolute Gasteiger partial charge is 0.219 e. The fraction of sp³-hybridized carbons (Fsp3) is 0.522. The number of piperidine rings is 1. The number of carbonyl (C=O) groups excluding carboxylic acids is 1. The Balaban J connectivity index is 1.49. The van der Waals surface area contributed by atoms with E-state index in [1.807, 2.05) is 30.2 Å². The summed E-state index contributed by atoms with van der Waals surface area (Å²) in [6, 6.07) is 8.66. The van der Waals surface area contributed by atoms with Crippen LogP contribution in [0.5, 0.6) is 5.75 Å². The number of fused-ring (bicyclic) bond motifs is 1. The second kappa shape index (κ2) is 8.91. The third kappa shape index (κ3) is 4.58. The molecule has 154 valence electrons. The summed E-state index contributed by atoms with van der Waals surface area (Å²) < 4.78 is 5.56. The number of nitrogens with zero attached hydrogens (tertiary/aromatic N) is 4. The largest absolute Gasteiger partial charge is 0.494 e. The number of likely N-dealkylation sites (tertiary alicyclic amines) is 1. The number of aromatic nitrogens is 2. The first-order chi connectivity index (χ1) is 14.1. The summed E-state index contributed by atoms with van der Waals surface area (Å²) in [6.07, 6.45) is 6.27. The molecule has 1 amide bonds. The van der Waals surface area contributed by atoms with Crippen LogP contribution in [0, 0.1) is 0 Å². The maximum Gasteiger partial charge on any atom is 0.219 e. The van der Waals surface area contributed by atoms with Gasteiger partial charge in [-0.05, 0) is 44.0 Å². The minimum absolute atomic E-state index is 0.119. The molecular formula is C23H30N4O2. The molecule has 0 spiro atoms. The van der Waals surface area contributed by atoms with Crippen LogP contribution in [0.2, 0.25) is 0 Å². The van der Waals surface area contributed by atoms with Crippen molar-refractivity contribution in [1.82, 2.24) is 19.8 Å². The fourth-order valence-electron chi connectivity index (χ4n) is 4.33. The lowest BCUT2D eigenvalue weighted by Crippen LogP contribution is -2.36. The van der Waals surface area contributed by atoms with Crippen LogP contribution in [-0.2, 0) is 24.3 Å². The summed E-state index contributed by atoms with van der Waals surface area (Å²) in [5.74, 6) is 1.98. The molecule has 0 radical (unpaired) electrons. The van der Waals surface area contributed by atoms with Gasteiger partial charge in [0.2, 0.25) is 5.91 Å². The van der Waals surface area contributed by atoms with Gasteiger partial charge in [0, 0.05) is 44.7 Å². The zero-order valence-electron chi connectivity index (χ0n) is 17.4. The first-order valence-electron chi connectivity index (χ1n) is 10.7. The third-order valence-electron chi connectivity index (χ3n) is 5.93. The molecule has 4 rings (SSSR count). The highest BCUT2D eigenvalue weighted by atomic mass is 16.5. The summed E-state index contributed by atoms with van der Waals surface area (Å²) in [5, 5.41) is 0. The molecule has 2 aromatic rings. The van der Waals surface area contributed by atoms with Crippen LogP contribution in [0.25, 0.3) is 0 Å². The molecule has 6 nitrogen and oxygen atoms in total. The Morgan fingerprint density at radius 1 is 1.21 bits per heavy atom. The van der Waals surface area contributed by atoms with E-state index in [9.17, 15) is 4.79 Å². The Hall–Kier alpha value is -2.47. The first kappa shape index (κ1) is 19.8. The SMILES string of the molecule is CCOc1ccc(CN2CCCC[C@@H]2c2ncc3c(n2)CCN(C(C)=O)C3)cc1. The van der Waals surface area contributed by atoms with E-state index in [1.165, 1.54) is 18.4 Å². The molecule has 0 unspecified atom stereocenters. The average Bonchev–Trinajstić information content (AvgIpc) is 2.75. The van der Waals surface area contributed by atoms with Crippen molar-refractivity contribution in [3.05, 3.63) is 53.1 Å². The van der Waals surface area contributed by atoms with Gasteiger partial charge in [0.15, 0.2) is 0 Å². The van der Waals surface area contributed by atoms with Crippen LogP contribution in [0.3, 0.4) is 0 Å². The van der Waals surface area contributed by atoms with E-state index in [1.54, 1.807) is 6.92 Å². The first-order valence-corrected chi connectivity index (χ1v) is 10.7. The van der Waals surface area contributed by atoms with Gasteiger partial charge in [-0.1, -0.05) is 18.6 Å². The van der Waals surface area contributed by atoms with Crippen LogP contribution < -0.4 is 4.74 Å². The van der Waals surface area contributed by atoms with Crippen LogP contribution in [0.1, 0.15) is 61.8 Å². The molecule has 1 fully saturated rings. The zero-order chi connectivity index (χ0) is 20.2. The maximum atomic E-state index is 11.7. The molecule has 0 saturated carbocycles. The van der Waals surface area contributed by atoms with Gasteiger partial charge in [-0.3, -0.25) is 9.69 Å². The van der Waals surface area contributed by atoms with Crippen molar-refractivity contribution >= 4 is 5.91 Å². The topological polar surface area (TPSA) is 58.6 Å². The molecule has 1 aromatic heterocycles. The average molecular weight is 395 g/mol. The second-order valence-corrected chi connectivity index (χ2v) is 7.95. The van der Waals surface area contributed by atoms with Crippen molar-refractivity contribution in [3.8, 4) is 5.75 Å². The predicted octanol–water partition coefficient (Wildman–Crippen LogP) is 3.51. The van der Waals surface area contributed by atoms with Gasteiger partial charge in [0.05, 0.1) is 18.3 Å². The summed E-state index contributed by atoms with van der Waals surface area (Å²) >= 11 is 0. The number of hydrogen-bond donors (Lipinski definition) is 0. The molecule has 2 aliphatic rings. The highest BCUT2D eigenvalue weighted by Gasteiger charge is 2.28. The lowest BCUT2D eigenvalue weighted by molar-refractivity contribution is -0.129. The molecule has 1 saturated heterocycles. The van der Waals surface area contributed by atoms with Gasteiger partial charge < -0.3 is 9.64 Å². The molecule has 3 heterocycles. The quantitative estimate of drug-likeness (QED) is 0.777. The van der Waals surface area contributed by atoms with E-state index in [0.29, 0.717) is 13.2 Å². The van der Waals surface area contributed by atoms with Crippen molar-refractivity contribution in [2.45, 2.75) is 58.7 Å². The van der Waals surface area contributed by atoms with Crippen LogP contribution in [-0.4, -0.2) is 45.4 Å². The number of carbonyl (C=O) groups is 1. The van der Waals surface area contributed by atoms with E-state index in [-0.39, 0.29) is 11.9 Å². The minimum atomic E-state index is 0.119. The Bertz CT molecular complexity index is 852. The zero-order valence-corrected chi connectivity index (χ0v) is 17.4. The highest BCUT2D eigenvalue weighted by molar-refractivity contribution is 5.73. The number of ether oxygens (including phenoxy) is 1. The summed E-state index contributed by atoms with van der Waals surface area (Å²) in [6.45, 7) is 7.66. The monoisotopic (exact) mass is 394 g/mol. The molecule has 1 atom stereocenters. The van der Waals surface area contributed by atoms with Gasteiger partial charge in [0.1, 0.15) is 11.6 Å². The summed E-state index contributed by atoms with van der Waals surface area (Å²) in [7, 11) is 0. The molecular weight excluding hydrogens is 364 g/mol. The van der Waals surface area contributed by atoms with Crippen LogP contribution in [0.15, 0.2) is 30.5 Å². The minimum Gasteiger partial charge on any atom is -0.494 e. The lowest BCUT2D eigenvalue weighted by atomic mass is 9.99. The van der Waals surface area contributed by atoms with Crippen molar-refractivity contribution in [3.63, 3.8) is 0 Å². The van der Waals surface area contributed by atoms with Gasteiger partial charge in [-0.15, -0.1) is 0 Å². The Morgan fingerprint density at radius 2 is 2.03 bits per heavy atom. The lowest BCUT2D eigenvalue weighted by Gasteiger charge is -2.35. The second-order valence-electron chi connectivity index (χ2n) is 7.95. The summed E-state index contributed by atoms with van der Waals surface area (Å²) in [5.41, 5.74) is 3.48. The number of amides is 1. The number of rotatable bonds is 5. The molecule has 6 heteroatoms. The fourth-order valence-corrected chi connectivity index (χ4v) is 4.33. The Kier molecular flexibility index (Phi) is 6.09. The molecule has 2 aliphatic heterocycles. The van der Waals surface area contributed by atoms with E-state index >= 15 is 0 Å². The molecule has 0 aliphatic carbocycles. The van der Waals surface area contributed by atoms with Crippen molar-refractivity contribution in [2.24, 2.45) is 0 Å². The molecule has 0 bridgehead atoms. The summed E-state index contributed by atoms with van der Waals surface area (Å²) in [4.78, 5) is 25.7. The van der Waals surface area contributed by atoms with Crippen LogP contribution >= 0.6 is 0 Å². The van der Waals surface area contributed by atoms with E-state index in [0.717, 1.165) is 55.3 Å². The Labute approximate surface area is 172 Å². The predicted molar refractivity (Wildman–Crippen MR) is 111 cm³/mol. The van der Waals surface area contributed by atoms with Crippen molar-refractivity contribution < 1.29 is 9.53 Å². The van der Waals surface area contributed by atoms with E-state index < -0.39 is 0 Å².